The van der Waals surface area contributed by atoms with Gasteiger partial charge in [-0.2, -0.15) is 5.10 Å². The maximum absolute atomic E-state index is 11.3. The number of rotatable bonds is 5. The minimum atomic E-state index is -0.916. The molecule has 158 valence electrons. The SMILES string of the molecule is COc1cc(C)c2[nH]ccc2c1CN1Cc2ccnn2CC1c1ccc(C(=O)O)cc1. The molecule has 0 bridgehead atoms. The maximum atomic E-state index is 11.3. The molecule has 0 fully saturated rings. The monoisotopic (exact) mass is 416 g/mol. The highest BCUT2D eigenvalue weighted by atomic mass is 16.5. The predicted octanol–water partition coefficient (Wildman–Crippen LogP) is 4.14. The number of benzene rings is 2. The van der Waals surface area contributed by atoms with Crippen molar-refractivity contribution in [3.63, 3.8) is 0 Å². The van der Waals surface area contributed by atoms with Crippen molar-refractivity contribution in [3.05, 3.63) is 82.8 Å². The molecule has 0 saturated carbocycles. The van der Waals surface area contributed by atoms with Crippen LogP contribution in [0.2, 0.25) is 0 Å². The van der Waals surface area contributed by atoms with Crippen LogP contribution in [0.5, 0.6) is 5.75 Å². The van der Waals surface area contributed by atoms with E-state index >= 15 is 0 Å². The van der Waals surface area contributed by atoms with Gasteiger partial charge in [0.25, 0.3) is 0 Å². The number of aromatic nitrogens is 3. The van der Waals surface area contributed by atoms with Crippen LogP contribution in [0.25, 0.3) is 10.9 Å². The molecule has 0 amide bonds. The Morgan fingerprint density at radius 1 is 1.26 bits per heavy atom. The van der Waals surface area contributed by atoms with Gasteiger partial charge in [-0.3, -0.25) is 9.58 Å². The number of methoxy groups -OCH3 is 1. The minimum absolute atomic E-state index is 0.0650. The van der Waals surface area contributed by atoms with Gasteiger partial charge in [0.1, 0.15) is 5.75 Å². The number of ether oxygens (including phenoxy) is 1. The molecule has 1 unspecified atom stereocenters. The summed E-state index contributed by atoms with van der Waals surface area (Å²) in [5.74, 6) is -0.0377. The van der Waals surface area contributed by atoms with Gasteiger partial charge in [0.2, 0.25) is 0 Å². The fraction of sp³-hybridized carbons (Fsp3) is 0.250. The van der Waals surface area contributed by atoms with E-state index in [-0.39, 0.29) is 6.04 Å². The highest BCUT2D eigenvalue weighted by molar-refractivity contribution is 5.88. The molecule has 4 aromatic rings. The zero-order valence-corrected chi connectivity index (χ0v) is 17.5. The molecule has 2 aromatic carbocycles. The molecule has 0 spiro atoms. The number of carboxylic acid groups (broad SMARTS) is 1. The van der Waals surface area contributed by atoms with Crippen LogP contribution >= 0.6 is 0 Å². The zero-order valence-electron chi connectivity index (χ0n) is 17.5. The van der Waals surface area contributed by atoms with E-state index in [1.807, 2.05) is 29.2 Å². The third-order valence-corrected chi connectivity index (χ3v) is 6.19. The predicted molar refractivity (Wildman–Crippen MR) is 117 cm³/mol. The minimum Gasteiger partial charge on any atom is -0.496 e. The Morgan fingerprint density at radius 3 is 2.81 bits per heavy atom. The number of fused-ring (bicyclic) bond motifs is 2. The molecule has 7 heteroatoms. The van der Waals surface area contributed by atoms with Crippen molar-refractivity contribution in [1.29, 1.82) is 0 Å². The van der Waals surface area contributed by atoms with Crippen molar-refractivity contribution in [1.82, 2.24) is 19.7 Å². The average Bonchev–Trinajstić information content (AvgIpc) is 3.44. The summed E-state index contributed by atoms with van der Waals surface area (Å²) < 4.78 is 7.79. The molecular weight excluding hydrogens is 392 g/mol. The quantitative estimate of drug-likeness (QED) is 0.511. The first kappa shape index (κ1) is 19.4. The second-order valence-corrected chi connectivity index (χ2v) is 7.99. The fourth-order valence-electron chi connectivity index (χ4n) is 4.57. The largest absolute Gasteiger partial charge is 0.496 e. The van der Waals surface area contributed by atoms with Gasteiger partial charge in [-0.25, -0.2) is 4.79 Å². The molecule has 2 N–H and O–H groups in total. The van der Waals surface area contributed by atoms with Crippen LogP contribution in [0, 0.1) is 6.92 Å². The number of H-pyrrole nitrogens is 1. The van der Waals surface area contributed by atoms with Gasteiger partial charge in [-0.05, 0) is 48.4 Å². The van der Waals surface area contributed by atoms with E-state index in [0.717, 1.165) is 45.6 Å². The van der Waals surface area contributed by atoms with Crippen molar-refractivity contribution in [2.24, 2.45) is 0 Å². The smallest absolute Gasteiger partial charge is 0.335 e. The van der Waals surface area contributed by atoms with Crippen molar-refractivity contribution >= 4 is 16.9 Å². The van der Waals surface area contributed by atoms with Crippen LogP contribution in [-0.2, 0) is 19.6 Å². The molecule has 0 aliphatic carbocycles. The molecule has 1 aliphatic rings. The fourth-order valence-corrected chi connectivity index (χ4v) is 4.57. The lowest BCUT2D eigenvalue weighted by Crippen LogP contribution is -2.37. The number of aryl methyl sites for hydroxylation is 1. The highest BCUT2D eigenvalue weighted by Gasteiger charge is 2.29. The van der Waals surface area contributed by atoms with E-state index in [1.165, 1.54) is 0 Å². The second-order valence-electron chi connectivity index (χ2n) is 7.99. The van der Waals surface area contributed by atoms with Gasteiger partial charge in [0.05, 0.1) is 31.0 Å². The van der Waals surface area contributed by atoms with Gasteiger partial charge in [0, 0.05) is 41.9 Å². The molecule has 5 rings (SSSR count). The standard InChI is InChI=1S/C24H24N4O3/c1-15-11-22(31-2)20(19-8-9-25-23(15)19)13-27-12-18-7-10-26-28(18)14-21(27)16-3-5-17(6-4-16)24(29)30/h3-11,21,25H,12-14H2,1-2H3,(H,29,30). The van der Waals surface area contributed by atoms with E-state index in [4.69, 9.17) is 4.74 Å². The topological polar surface area (TPSA) is 83.4 Å². The van der Waals surface area contributed by atoms with Crippen LogP contribution < -0.4 is 4.74 Å². The number of nitrogens with one attached hydrogen (secondary N) is 1. The van der Waals surface area contributed by atoms with E-state index in [0.29, 0.717) is 18.7 Å². The van der Waals surface area contributed by atoms with Crippen molar-refractivity contribution < 1.29 is 14.6 Å². The summed E-state index contributed by atoms with van der Waals surface area (Å²) in [5, 5.41) is 14.9. The van der Waals surface area contributed by atoms with Crippen LogP contribution in [0.1, 0.15) is 38.8 Å². The van der Waals surface area contributed by atoms with Crippen LogP contribution in [0.15, 0.2) is 54.9 Å². The lowest BCUT2D eigenvalue weighted by atomic mass is 9.98. The Kier molecular flexibility index (Phi) is 4.75. The van der Waals surface area contributed by atoms with Crippen molar-refractivity contribution in [2.45, 2.75) is 32.6 Å². The first-order chi connectivity index (χ1) is 15.0. The van der Waals surface area contributed by atoms with E-state index < -0.39 is 5.97 Å². The molecule has 1 atom stereocenters. The number of aromatic amines is 1. The normalized spacial score (nSPS) is 16.4. The Labute approximate surface area is 179 Å². The molecule has 7 nitrogen and oxygen atoms in total. The van der Waals surface area contributed by atoms with Crippen molar-refractivity contribution in [3.8, 4) is 5.75 Å². The van der Waals surface area contributed by atoms with Gasteiger partial charge >= 0.3 is 5.97 Å². The molecule has 1 aliphatic heterocycles. The Bertz CT molecular complexity index is 1260. The first-order valence-corrected chi connectivity index (χ1v) is 10.3. The molecule has 3 heterocycles. The van der Waals surface area contributed by atoms with E-state index in [9.17, 15) is 9.90 Å². The van der Waals surface area contributed by atoms with E-state index in [2.05, 4.69) is 40.1 Å². The molecule has 0 saturated heterocycles. The van der Waals surface area contributed by atoms with Crippen LogP contribution in [-0.4, -0.2) is 37.9 Å². The van der Waals surface area contributed by atoms with Gasteiger partial charge in [-0.1, -0.05) is 12.1 Å². The third kappa shape index (κ3) is 3.37. The number of hydrogen-bond donors (Lipinski definition) is 2. The lowest BCUT2D eigenvalue weighted by Gasteiger charge is -2.37. The number of hydrogen-bond acceptors (Lipinski definition) is 4. The molecule has 31 heavy (non-hydrogen) atoms. The Hall–Kier alpha value is -3.58. The summed E-state index contributed by atoms with van der Waals surface area (Å²) in [6, 6.07) is 13.5. The molecular formula is C24H24N4O3. The summed E-state index contributed by atoms with van der Waals surface area (Å²) in [5.41, 5.74) is 5.94. The summed E-state index contributed by atoms with van der Waals surface area (Å²) in [6.07, 6.45) is 3.80. The van der Waals surface area contributed by atoms with Crippen LogP contribution in [0.4, 0.5) is 0 Å². The highest BCUT2D eigenvalue weighted by Crippen LogP contribution is 2.36. The lowest BCUT2D eigenvalue weighted by molar-refractivity contribution is 0.0696. The summed E-state index contributed by atoms with van der Waals surface area (Å²) in [6.45, 7) is 4.24. The maximum Gasteiger partial charge on any atom is 0.335 e. The Balaban J connectivity index is 1.56. The summed E-state index contributed by atoms with van der Waals surface area (Å²) in [7, 11) is 1.71. The zero-order chi connectivity index (χ0) is 21.5. The first-order valence-electron chi connectivity index (χ1n) is 10.3. The van der Waals surface area contributed by atoms with Gasteiger partial charge < -0.3 is 14.8 Å². The summed E-state index contributed by atoms with van der Waals surface area (Å²) in [4.78, 5) is 17.0. The van der Waals surface area contributed by atoms with Crippen LogP contribution in [0.3, 0.4) is 0 Å². The van der Waals surface area contributed by atoms with E-state index in [1.54, 1.807) is 19.2 Å². The molecule has 2 aromatic heterocycles. The average molecular weight is 416 g/mol. The van der Waals surface area contributed by atoms with Gasteiger partial charge in [0.15, 0.2) is 0 Å². The number of aromatic carboxylic acids is 1. The second kappa shape index (κ2) is 7.59. The number of nitrogens with zero attached hydrogens (tertiary/aromatic N) is 3. The third-order valence-electron chi connectivity index (χ3n) is 6.19. The van der Waals surface area contributed by atoms with Crippen molar-refractivity contribution in [2.75, 3.05) is 7.11 Å². The Morgan fingerprint density at radius 2 is 2.06 bits per heavy atom. The number of carboxylic acids is 1. The molecule has 0 radical (unpaired) electrons. The summed E-state index contributed by atoms with van der Waals surface area (Å²) >= 11 is 0. The van der Waals surface area contributed by atoms with Gasteiger partial charge in [-0.15, -0.1) is 0 Å². The number of carbonyl (C=O) groups is 1.